The Balaban J connectivity index is 2.62. The van der Waals surface area contributed by atoms with E-state index in [1.54, 1.807) is 24.3 Å². The topological polar surface area (TPSA) is 78.4 Å². The first-order valence-corrected chi connectivity index (χ1v) is 5.43. The molecule has 6 heteroatoms. The van der Waals surface area contributed by atoms with E-state index in [9.17, 15) is 4.79 Å². The van der Waals surface area contributed by atoms with Gasteiger partial charge in [0.15, 0.2) is 0 Å². The van der Waals surface area contributed by atoms with Crippen molar-refractivity contribution in [2.24, 2.45) is 5.92 Å². The van der Waals surface area contributed by atoms with Gasteiger partial charge in [0.25, 0.3) is 0 Å². The van der Waals surface area contributed by atoms with Gasteiger partial charge in [-0.1, -0.05) is 6.92 Å². The van der Waals surface area contributed by atoms with Crippen molar-refractivity contribution in [2.45, 2.75) is 13.5 Å². The Labute approximate surface area is 101 Å². The minimum Gasteiger partial charge on any atom is -0.392 e. The Morgan fingerprint density at radius 1 is 1.53 bits per heavy atom. The summed E-state index contributed by atoms with van der Waals surface area (Å²) >= 11 is 0. The average Bonchev–Trinajstić information content (AvgIpc) is 2.37. The zero-order valence-corrected chi connectivity index (χ0v) is 10.3. The molecule has 1 amide bonds. The van der Waals surface area contributed by atoms with Gasteiger partial charge < -0.3 is 15.3 Å². The summed E-state index contributed by atoms with van der Waals surface area (Å²) in [6.45, 7) is 2.31. The summed E-state index contributed by atoms with van der Waals surface area (Å²) in [4.78, 5) is 21.4. The number of hydrogen-bond acceptors (Lipinski definition) is 5. The molecule has 0 saturated heterocycles. The highest BCUT2D eigenvalue weighted by Crippen LogP contribution is 2.08. The number of aliphatic hydroxyl groups is 1. The van der Waals surface area contributed by atoms with Crippen LogP contribution in [0, 0.1) is 5.92 Å². The van der Waals surface area contributed by atoms with E-state index in [1.165, 1.54) is 0 Å². The number of rotatable bonds is 5. The lowest BCUT2D eigenvalue weighted by Crippen LogP contribution is -2.35. The summed E-state index contributed by atoms with van der Waals surface area (Å²) in [5.74, 6) is 0.396. The molecule has 0 spiro atoms. The van der Waals surface area contributed by atoms with Crippen molar-refractivity contribution in [3.63, 3.8) is 0 Å². The third kappa shape index (κ3) is 3.67. The van der Waals surface area contributed by atoms with Crippen LogP contribution in [-0.2, 0) is 11.4 Å². The molecule has 0 aliphatic rings. The van der Waals surface area contributed by atoms with Gasteiger partial charge in [0, 0.05) is 38.6 Å². The van der Waals surface area contributed by atoms with Gasteiger partial charge in [-0.25, -0.2) is 9.97 Å². The second kappa shape index (κ2) is 6.15. The average molecular weight is 238 g/mol. The smallest absolute Gasteiger partial charge is 0.225 e. The molecule has 0 aliphatic heterocycles. The Morgan fingerprint density at radius 2 is 2.12 bits per heavy atom. The molecule has 0 aromatic carbocycles. The zero-order valence-electron chi connectivity index (χ0n) is 10.3. The Bertz CT molecular complexity index is 366. The summed E-state index contributed by atoms with van der Waals surface area (Å²) < 4.78 is 0. The summed E-state index contributed by atoms with van der Waals surface area (Å²) in [5, 5.41) is 11.5. The molecule has 1 aromatic heterocycles. The molecule has 0 aliphatic carbocycles. The van der Waals surface area contributed by atoms with Gasteiger partial charge in [0.2, 0.25) is 11.9 Å². The van der Waals surface area contributed by atoms with Crippen molar-refractivity contribution < 1.29 is 9.90 Å². The van der Waals surface area contributed by atoms with Gasteiger partial charge in [0.1, 0.15) is 0 Å². The fraction of sp³-hybridized carbons (Fsp3) is 0.545. The van der Waals surface area contributed by atoms with Crippen molar-refractivity contribution in [1.82, 2.24) is 15.3 Å². The van der Waals surface area contributed by atoms with E-state index >= 15 is 0 Å². The Kier molecular flexibility index (Phi) is 4.84. The maximum Gasteiger partial charge on any atom is 0.225 e. The van der Waals surface area contributed by atoms with Crippen LogP contribution in [0.15, 0.2) is 12.4 Å². The molecule has 1 rings (SSSR count). The lowest BCUT2D eigenvalue weighted by molar-refractivity contribution is -0.123. The quantitative estimate of drug-likeness (QED) is 0.742. The molecule has 0 radical (unpaired) electrons. The Hall–Kier alpha value is -1.69. The van der Waals surface area contributed by atoms with Gasteiger partial charge >= 0.3 is 0 Å². The van der Waals surface area contributed by atoms with Crippen LogP contribution in [0.4, 0.5) is 5.95 Å². The summed E-state index contributed by atoms with van der Waals surface area (Å²) in [7, 11) is 3.44. The highest BCUT2D eigenvalue weighted by molar-refractivity contribution is 5.78. The minimum absolute atomic E-state index is 0.0103. The van der Waals surface area contributed by atoms with Gasteiger partial charge in [-0.05, 0) is 0 Å². The van der Waals surface area contributed by atoms with Gasteiger partial charge in [-0.15, -0.1) is 0 Å². The van der Waals surface area contributed by atoms with Gasteiger partial charge in [-0.3, -0.25) is 4.79 Å². The highest BCUT2D eigenvalue weighted by atomic mass is 16.3. The molecule has 0 bridgehead atoms. The number of hydrogen-bond donors (Lipinski definition) is 2. The van der Waals surface area contributed by atoms with Crippen LogP contribution < -0.4 is 10.2 Å². The molecule has 17 heavy (non-hydrogen) atoms. The lowest BCUT2D eigenvalue weighted by Gasteiger charge is -2.20. The highest BCUT2D eigenvalue weighted by Gasteiger charge is 2.15. The van der Waals surface area contributed by atoms with Crippen LogP contribution in [0.2, 0.25) is 0 Å². The molecule has 6 nitrogen and oxygen atoms in total. The number of aliphatic hydroxyl groups excluding tert-OH is 1. The van der Waals surface area contributed by atoms with E-state index in [0.717, 1.165) is 0 Å². The van der Waals surface area contributed by atoms with Crippen LogP contribution in [0.5, 0.6) is 0 Å². The van der Waals surface area contributed by atoms with E-state index in [4.69, 9.17) is 5.11 Å². The molecule has 0 saturated carbocycles. The third-order valence-electron chi connectivity index (χ3n) is 2.46. The minimum atomic E-state index is -0.133. The van der Waals surface area contributed by atoms with Crippen LogP contribution in [0.3, 0.4) is 0 Å². The second-order valence-corrected chi connectivity index (χ2v) is 3.95. The van der Waals surface area contributed by atoms with Gasteiger partial charge in [0.05, 0.1) is 12.5 Å². The number of anilines is 1. The molecule has 1 heterocycles. The zero-order chi connectivity index (χ0) is 12.8. The number of amides is 1. The molecular weight excluding hydrogens is 220 g/mol. The normalized spacial score (nSPS) is 12.0. The molecule has 1 atom stereocenters. The van der Waals surface area contributed by atoms with Crippen LogP contribution in [0.25, 0.3) is 0 Å². The van der Waals surface area contributed by atoms with Crippen LogP contribution in [0.1, 0.15) is 12.5 Å². The summed E-state index contributed by atoms with van der Waals surface area (Å²) in [5.41, 5.74) is 0.668. The van der Waals surface area contributed by atoms with Crippen molar-refractivity contribution in [1.29, 1.82) is 0 Å². The standard InChI is InChI=1S/C11H18N4O2/c1-8(10(17)12-2)6-15(3)11-13-4-9(7-16)5-14-11/h4-5,8,16H,6-7H2,1-3H3,(H,12,17). The van der Waals surface area contributed by atoms with Crippen LogP contribution >= 0.6 is 0 Å². The molecule has 1 unspecified atom stereocenters. The number of carbonyl (C=O) groups is 1. The molecule has 2 N–H and O–H groups in total. The first-order chi connectivity index (χ1) is 8.08. The summed E-state index contributed by atoms with van der Waals surface area (Å²) in [6.07, 6.45) is 3.15. The monoisotopic (exact) mass is 238 g/mol. The molecule has 94 valence electrons. The fourth-order valence-corrected chi connectivity index (χ4v) is 1.45. The SMILES string of the molecule is CNC(=O)C(C)CN(C)c1ncc(CO)cn1. The maximum atomic E-state index is 11.4. The fourth-order valence-electron chi connectivity index (χ4n) is 1.45. The molecular formula is C11H18N4O2. The van der Waals surface area contributed by atoms with Crippen molar-refractivity contribution >= 4 is 11.9 Å². The van der Waals surface area contributed by atoms with E-state index < -0.39 is 0 Å². The second-order valence-electron chi connectivity index (χ2n) is 3.95. The number of aromatic nitrogens is 2. The number of nitrogens with one attached hydrogen (secondary N) is 1. The van der Waals surface area contributed by atoms with E-state index in [-0.39, 0.29) is 18.4 Å². The predicted octanol–water partition coefficient (Wildman–Crippen LogP) is -0.213. The number of carbonyl (C=O) groups excluding carboxylic acids is 1. The molecule has 0 fully saturated rings. The van der Waals surface area contributed by atoms with Crippen molar-refractivity contribution in [3.05, 3.63) is 18.0 Å². The van der Waals surface area contributed by atoms with Gasteiger partial charge in [-0.2, -0.15) is 0 Å². The summed E-state index contributed by atoms with van der Waals surface area (Å²) in [6, 6.07) is 0. The molecule has 1 aromatic rings. The largest absolute Gasteiger partial charge is 0.392 e. The van der Waals surface area contributed by atoms with Crippen molar-refractivity contribution in [2.75, 3.05) is 25.5 Å². The van der Waals surface area contributed by atoms with Crippen LogP contribution in [-0.4, -0.2) is 41.6 Å². The Morgan fingerprint density at radius 3 is 2.59 bits per heavy atom. The first kappa shape index (κ1) is 13.4. The lowest BCUT2D eigenvalue weighted by atomic mass is 10.1. The third-order valence-corrected chi connectivity index (χ3v) is 2.46. The predicted molar refractivity (Wildman–Crippen MR) is 64.5 cm³/mol. The first-order valence-electron chi connectivity index (χ1n) is 5.43. The van der Waals surface area contributed by atoms with E-state index in [2.05, 4.69) is 15.3 Å². The number of nitrogens with zero attached hydrogens (tertiary/aromatic N) is 3. The van der Waals surface area contributed by atoms with Crippen molar-refractivity contribution in [3.8, 4) is 0 Å². The maximum absolute atomic E-state index is 11.4. The van der Waals surface area contributed by atoms with E-state index in [1.807, 2.05) is 14.0 Å². The van der Waals surface area contributed by atoms with E-state index in [0.29, 0.717) is 18.1 Å².